The molecule has 0 bridgehead atoms. The molecule has 2 nitrogen and oxygen atoms in total. The normalized spacial score (nSPS) is 11.0. The highest BCUT2D eigenvalue weighted by Gasteiger charge is 2.07. The Hall–Kier alpha value is -0.910. The lowest BCUT2D eigenvalue weighted by Gasteiger charge is -2.13. The van der Waals surface area contributed by atoms with Gasteiger partial charge in [0.05, 0.1) is 3.79 Å². The van der Waals surface area contributed by atoms with Crippen LogP contribution in [0.3, 0.4) is 0 Å². The van der Waals surface area contributed by atoms with Gasteiger partial charge in [0, 0.05) is 24.5 Å². The first-order valence-electron chi connectivity index (χ1n) is 5.35. The van der Waals surface area contributed by atoms with Crippen LogP contribution in [0.5, 0.6) is 0 Å². The smallest absolute Gasteiger partial charge is 0.246 e. The second kappa shape index (κ2) is 6.31. The Kier molecular flexibility index (Phi) is 4.74. The van der Waals surface area contributed by atoms with Crippen molar-refractivity contribution < 1.29 is 4.79 Å². The van der Waals surface area contributed by atoms with Crippen LogP contribution in [0.15, 0.2) is 38.8 Å². The fourth-order valence-corrected chi connectivity index (χ4v) is 3.27. The molecule has 2 rings (SSSR count). The van der Waals surface area contributed by atoms with Gasteiger partial charge in [-0.25, -0.2) is 0 Å². The maximum Gasteiger partial charge on any atom is 0.246 e. The topological polar surface area (TPSA) is 20.3 Å². The highest BCUT2D eigenvalue weighted by Crippen LogP contribution is 2.21. The Balaban J connectivity index is 1.92. The van der Waals surface area contributed by atoms with Gasteiger partial charge in [-0.2, -0.15) is 0 Å². The van der Waals surface area contributed by atoms with E-state index in [0.29, 0.717) is 6.54 Å². The van der Waals surface area contributed by atoms with Gasteiger partial charge in [-0.15, -0.1) is 22.7 Å². The number of carbonyl (C=O) groups excluding carboxylic acids is 1. The standard InChI is InChI=1S/C13H12BrNOS2/c1-15(8-10-7-12(14)18-9-10)13(16)5-4-11-3-2-6-17-11/h2-7,9H,8H2,1H3/b5-4+. The number of hydrogen-bond acceptors (Lipinski definition) is 3. The zero-order chi connectivity index (χ0) is 13.0. The van der Waals surface area contributed by atoms with Crippen LogP contribution in [0.2, 0.25) is 0 Å². The SMILES string of the molecule is CN(Cc1csc(Br)c1)C(=O)/C=C/c1cccs1. The van der Waals surface area contributed by atoms with E-state index in [-0.39, 0.29) is 5.91 Å². The summed E-state index contributed by atoms with van der Waals surface area (Å²) in [5.74, 6) is 0.0192. The molecule has 18 heavy (non-hydrogen) atoms. The lowest BCUT2D eigenvalue weighted by Crippen LogP contribution is -2.23. The van der Waals surface area contributed by atoms with Crippen LogP contribution in [0.1, 0.15) is 10.4 Å². The first kappa shape index (κ1) is 13.5. The molecule has 2 aromatic rings. The van der Waals surface area contributed by atoms with Crippen LogP contribution >= 0.6 is 38.6 Å². The van der Waals surface area contributed by atoms with Crippen molar-refractivity contribution in [2.24, 2.45) is 0 Å². The lowest BCUT2D eigenvalue weighted by molar-refractivity contribution is -0.125. The predicted molar refractivity (Wildman–Crippen MR) is 81.8 cm³/mol. The number of amides is 1. The summed E-state index contributed by atoms with van der Waals surface area (Å²) in [7, 11) is 1.81. The Morgan fingerprint density at radius 3 is 2.94 bits per heavy atom. The first-order chi connectivity index (χ1) is 8.65. The third-order valence-electron chi connectivity index (χ3n) is 2.35. The van der Waals surface area contributed by atoms with Crippen molar-refractivity contribution in [1.82, 2.24) is 4.90 Å². The van der Waals surface area contributed by atoms with Crippen molar-refractivity contribution in [3.8, 4) is 0 Å². The van der Waals surface area contributed by atoms with Crippen molar-refractivity contribution in [3.05, 3.63) is 49.3 Å². The lowest BCUT2D eigenvalue weighted by atomic mass is 10.3. The van der Waals surface area contributed by atoms with Gasteiger partial charge in [0.25, 0.3) is 0 Å². The number of carbonyl (C=O) groups is 1. The van der Waals surface area contributed by atoms with Gasteiger partial charge in [0.15, 0.2) is 0 Å². The summed E-state index contributed by atoms with van der Waals surface area (Å²) < 4.78 is 1.09. The first-order valence-corrected chi connectivity index (χ1v) is 7.90. The Bertz CT molecular complexity index is 545. The van der Waals surface area contributed by atoms with Gasteiger partial charge in [-0.1, -0.05) is 6.07 Å². The largest absolute Gasteiger partial charge is 0.338 e. The van der Waals surface area contributed by atoms with Crippen LogP contribution in [-0.2, 0) is 11.3 Å². The minimum Gasteiger partial charge on any atom is -0.338 e. The molecule has 5 heteroatoms. The van der Waals surface area contributed by atoms with Crippen molar-refractivity contribution in [1.29, 1.82) is 0 Å². The number of halogens is 1. The number of rotatable bonds is 4. The Labute approximate surface area is 123 Å². The number of thiophene rings is 2. The van der Waals surface area contributed by atoms with Crippen molar-refractivity contribution in [2.45, 2.75) is 6.54 Å². The molecule has 0 atom stereocenters. The van der Waals surface area contributed by atoms with E-state index in [0.717, 1.165) is 14.2 Å². The highest BCUT2D eigenvalue weighted by atomic mass is 79.9. The van der Waals surface area contributed by atoms with E-state index in [4.69, 9.17) is 0 Å². The summed E-state index contributed by atoms with van der Waals surface area (Å²) in [6.07, 6.45) is 3.47. The van der Waals surface area contributed by atoms with Crippen molar-refractivity contribution >= 4 is 50.6 Å². The summed E-state index contributed by atoms with van der Waals surface area (Å²) in [6, 6.07) is 6.00. The second-order valence-corrected chi connectivity index (χ2v) is 7.07. The average Bonchev–Trinajstić information content (AvgIpc) is 2.97. The van der Waals surface area contributed by atoms with Gasteiger partial charge < -0.3 is 4.90 Å². The Morgan fingerprint density at radius 1 is 1.50 bits per heavy atom. The monoisotopic (exact) mass is 341 g/mol. The van der Waals surface area contributed by atoms with E-state index in [2.05, 4.69) is 21.3 Å². The zero-order valence-electron chi connectivity index (χ0n) is 9.80. The molecule has 2 heterocycles. The van der Waals surface area contributed by atoms with E-state index < -0.39 is 0 Å². The summed E-state index contributed by atoms with van der Waals surface area (Å²) in [6.45, 7) is 0.635. The average molecular weight is 342 g/mol. The molecule has 0 aliphatic carbocycles. The molecule has 1 amide bonds. The molecule has 0 radical (unpaired) electrons. The van der Waals surface area contributed by atoms with Gasteiger partial charge in [0.2, 0.25) is 5.91 Å². The maximum atomic E-state index is 11.9. The molecule has 0 aliphatic rings. The second-order valence-electron chi connectivity index (χ2n) is 3.80. The Morgan fingerprint density at radius 2 is 2.33 bits per heavy atom. The molecule has 0 fully saturated rings. The van der Waals surface area contributed by atoms with Crippen LogP contribution in [-0.4, -0.2) is 17.9 Å². The van der Waals surface area contributed by atoms with Gasteiger partial charge in [-0.3, -0.25) is 4.79 Å². The number of hydrogen-bond donors (Lipinski definition) is 0. The molecule has 0 saturated heterocycles. The summed E-state index contributed by atoms with van der Waals surface area (Å²) in [5.41, 5.74) is 1.15. The fourth-order valence-electron chi connectivity index (χ4n) is 1.45. The van der Waals surface area contributed by atoms with E-state index >= 15 is 0 Å². The maximum absolute atomic E-state index is 11.9. The number of likely N-dealkylation sites (N-methyl/N-ethyl adjacent to an activating group) is 1. The third kappa shape index (κ3) is 3.80. The van der Waals surface area contributed by atoms with E-state index in [1.807, 2.05) is 36.7 Å². The van der Waals surface area contributed by atoms with E-state index in [9.17, 15) is 4.79 Å². The van der Waals surface area contributed by atoms with Crippen LogP contribution in [0, 0.1) is 0 Å². The van der Waals surface area contributed by atoms with Gasteiger partial charge in [-0.05, 0) is 50.5 Å². The van der Waals surface area contributed by atoms with Crippen LogP contribution < -0.4 is 0 Å². The minimum atomic E-state index is 0.0192. The molecule has 0 aliphatic heterocycles. The van der Waals surface area contributed by atoms with Gasteiger partial charge >= 0.3 is 0 Å². The van der Waals surface area contributed by atoms with Crippen molar-refractivity contribution in [3.63, 3.8) is 0 Å². The summed E-state index contributed by atoms with van der Waals surface area (Å²) >= 11 is 6.67. The quantitative estimate of drug-likeness (QED) is 0.761. The van der Waals surface area contributed by atoms with E-state index in [1.54, 1.807) is 33.6 Å². The van der Waals surface area contributed by atoms with Gasteiger partial charge in [0.1, 0.15) is 0 Å². The molecule has 0 saturated carbocycles. The molecular weight excluding hydrogens is 330 g/mol. The molecule has 2 aromatic heterocycles. The molecule has 0 N–H and O–H groups in total. The fraction of sp³-hybridized carbons (Fsp3) is 0.154. The minimum absolute atomic E-state index is 0.0192. The number of nitrogens with zero attached hydrogens (tertiary/aromatic N) is 1. The molecule has 0 unspecified atom stereocenters. The highest BCUT2D eigenvalue weighted by molar-refractivity contribution is 9.11. The molecule has 94 valence electrons. The summed E-state index contributed by atoms with van der Waals surface area (Å²) in [4.78, 5) is 14.7. The zero-order valence-corrected chi connectivity index (χ0v) is 13.0. The van der Waals surface area contributed by atoms with Crippen LogP contribution in [0.4, 0.5) is 0 Å². The molecule has 0 aromatic carbocycles. The van der Waals surface area contributed by atoms with E-state index in [1.165, 1.54) is 0 Å². The van der Waals surface area contributed by atoms with Crippen LogP contribution in [0.25, 0.3) is 6.08 Å². The molecule has 0 spiro atoms. The summed E-state index contributed by atoms with van der Waals surface area (Å²) in [5, 5.41) is 4.05. The molecular formula is C13H12BrNOS2. The predicted octanol–water partition coefficient (Wildman–Crippen LogP) is 4.24. The third-order valence-corrected chi connectivity index (χ3v) is 4.74. The van der Waals surface area contributed by atoms with Crippen molar-refractivity contribution in [2.75, 3.05) is 7.05 Å².